The average Bonchev–Trinajstić information content (AvgIpc) is 3.57. The van der Waals surface area contributed by atoms with Gasteiger partial charge in [0.05, 0.1) is 30.8 Å². The van der Waals surface area contributed by atoms with Crippen LogP contribution < -0.4 is 10.0 Å². The normalized spacial score (nSPS) is 20.2. The molecule has 1 heterocycles. The number of hydrogen-bond donors (Lipinski definition) is 4. The van der Waals surface area contributed by atoms with Gasteiger partial charge in [-0.1, -0.05) is 50.2 Å². The number of ketones is 1. The SMILES string of the molecule is CC(C)CC(NC(=O)[C@H](CO)NS(=O)(=O)c1cccc2ccccc12)C(=O)[C@@]1(CO)CO1. The summed E-state index contributed by atoms with van der Waals surface area (Å²) < 4.78 is 33.4. The summed E-state index contributed by atoms with van der Waals surface area (Å²) >= 11 is 0. The van der Waals surface area contributed by atoms with Crippen LogP contribution in [0.4, 0.5) is 0 Å². The van der Waals surface area contributed by atoms with Crippen molar-refractivity contribution >= 4 is 32.5 Å². The predicted octanol–water partition coefficient (Wildman–Crippen LogP) is 0.340. The number of aliphatic hydroxyl groups is 2. The van der Waals surface area contributed by atoms with Gasteiger partial charge in [0, 0.05) is 5.39 Å². The zero-order valence-corrected chi connectivity index (χ0v) is 18.8. The van der Waals surface area contributed by atoms with Crippen LogP contribution in [0.3, 0.4) is 0 Å². The van der Waals surface area contributed by atoms with Crippen molar-refractivity contribution in [2.75, 3.05) is 19.8 Å². The molecule has 2 aromatic carbocycles. The van der Waals surface area contributed by atoms with Crippen molar-refractivity contribution in [3.05, 3.63) is 42.5 Å². The smallest absolute Gasteiger partial charge is 0.241 e. The number of aliphatic hydroxyl groups excluding tert-OH is 2. The number of fused-ring (bicyclic) bond motifs is 1. The van der Waals surface area contributed by atoms with Gasteiger partial charge in [-0.05, 0) is 23.8 Å². The Kier molecular flexibility index (Phi) is 7.31. The molecule has 1 fully saturated rings. The van der Waals surface area contributed by atoms with Crippen LogP contribution in [0, 0.1) is 5.92 Å². The molecule has 3 rings (SSSR count). The third kappa shape index (κ3) is 5.16. The molecule has 174 valence electrons. The van der Waals surface area contributed by atoms with E-state index in [0.717, 1.165) is 0 Å². The molecule has 3 atom stereocenters. The fourth-order valence-corrected chi connectivity index (χ4v) is 4.96. The number of hydrogen-bond acceptors (Lipinski definition) is 7. The highest BCUT2D eigenvalue weighted by atomic mass is 32.2. The Hall–Kier alpha value is -2.37. The molecule has 1 amide bonds. The minimum atomic E-state index is -4.16. The van der Waals surface area contributed by atoms with Crippen LogP contribution in [-0.2, 0) is 24.3 Å². The number of sulfonamides is 1. The lowest BCUT2D eigenvalue weighted by Gasteiger charge is -2.24. The molecule has 0 radical (unpaired) electrons. The average molecular weight is 465 g/mol. The van der Waals surface area contributed by atoms with E-state index in [1.165, 1.54) is 6.07 Å². The van der Waals surface area contributed by atoms with Crippen molar-refractivity contribution in [1.29, 1.82) is 0 Å². The van der Waals surface area contributed by atoms with Gasteiger partial charge in [0.25, 0.3) is 0 Å². The van der Waals surface area contributed by atoms with Gasteiger partial charge in [-0.25, -0.2) is 8.42 Å². The maximum absolute atomic E-state index is 13.0. The molecule has 0 aliphatic carbocycles. The highest BCUT2D eigenvalue weighted by Gasteiger charge is 2.54. The number of ether oxygens (including phenoxy) is 1. The minimum absolute atomic E-state index is 0.0257. The van der Waals surface area contributed by atoms with Gasteiger partial charge in [-0.2, -0.15) is 4.72 Å². The van der Waals surface area contributed by atoms with E-state index in [1.807, 2.05) is 13.8 Å². The van der Waals surface area contributed by atoms with Crippen molar-refractivity contribution in [3.8, 4) is 0 Å². The van der Waals surface area contributed by atoms with E-state index >= 15 is 0 Å². The number of epoxide rings is 1. The summed E-state index contributed by atoms with van der Waals surface area (Å²) in [6.07, 6.45) is 0.268. The summed E-state index contributed by atoms with van der Waals surface area (Å²) in [6, 6.07) is 9.18. The molecule has 0 saturated carbocycles. The van der Waals surface area contributed by atoms with Gasteiger partial charge in [-0.3, -0.25) is 9.59 Å². The number of carbonyl (C=O) groups excluding carboxylic acids is 2. The van der Waals surface area contributed by atoms with Crippen LogP contribution in [0.25, 0.3) is 10.8 Å². The standard InChI is InChI=1S/C22H28N2O7S/c1-14(2)10-17(20(27)22(12-26)13-31-22)23-21(28)18(11-25)24-32(29,30)19-9-5-7-15-6-3-4-8-16(15)19/h3-9,14,17-18,24-26H,10-13H2,1-2H3,(H,23,28)/t17?,18-,22+/m0/s1. The molecule has 9 nitrogen and oxygen atoms in total. The highest BCUT2D eigenvalue weighted by Crippen LogP contribution is 2.30. The van der Waals surface area contributed by atoms with E-state index in [-0.39, 0.29) is 23.8 Å². The van der Waals surface area contributed by atoms with Gasteiger partial charge < -0.3 is 20.3 Å². The molecular formula is C22H28N2O7S. The zero-order chi connectivity index (χ0) is 23.5. The molecule has 0 bridgehead atoms. The Bertz CT molecular complexity index is 1090. The van der Waals surface area contributed by atoms with Crippen LogP contribution in [0.1, 0.15) is 20.3 Å². The molecule has 0 spiro atoms. The van der Waals surface area contributed by atoms with E-state index in [1.54, 1.807) is 36.4 Å². The van der Waals surface area contributed by atoms with Crippen molar-refractivity contribution in [2.45, 2.75) is 42.8 Å². The van der Waals surface area contributed by atoms with Crippen molar-refractivity contribution in [3.63, 3.8) is 0 Å². The minimum Gasteiger partial charge on any atom is -0.394 e. The first kappa shape index (κ1) is 24.3. The Morgan fingerprint density at radius 3 is 2.34 bits per heavy atom. The van der Waals surface area contributed by atoms with Crippen molar-refractivity contribution in [2.24, 2.45) is 5.92 Å². The van der Waals surface area contributed by atoms with Crippen LogP contribution in [0.2, 0.25) is 0 Å². The zero-order valence-electron chi connectivity index (χ0n) is 17.9. The lowest BCUT2D eigenvalue weighted by Crippen LogP contribution is -2.55. The molecule has 10 heteroatoms. The molecule has 32 heavy (non-hydrogen) atoms. The molecule has 1 aliphatic rings. The summed E-state index contributed by atoms with van der Waals surface area (Å²) in [6.45, 7) is 2.47. The topological polar surface area (TPSA) is 145 Å². The Morgan fingerprint density at radius 1 is 1.09 bits per heavy atom. The van der Waals surface area contributed by atoms with Crippen molar-refractivity contribution < 1.29 is 33.0 Å². The Balaban J connectivity index is 1.80. The molecule has 1 saturated heterocycles. The number of amides is 1. The van der Waals surface area contributed by atoms with E-state index in [4.69, 9.17) is 4.74 Å². The third-order valence-electron chi connectivity index (χ3n) is 5.37. The summed E-state index contributed by atoms with van der Waals surface area (Å²) in [4.78, 5) is 25.6. The summed E-state index contributed by atoms with van der Waals surface area (Å²) in [5.74, 6) is -1.29. The van der Waals surface area contributed by atoms with E-state index in [0.29, 0.717) is 10.8 Å². The summed E-state index contributed by atoms with van der Waals surface area (Å²) in [5.41, 5.74) is -1.33. The molecule has 4 N–H and O–H groups in total. The predicted molar refractivity (Wildman–Crippen MR) is 117 cm³/mol. The van der Waals surface area contributed by atoms with Gasteiger partial charge >= 0.3 is 0 Å². The fraction of sp³-hybridized carbons (Fsp3) is 0.455. The maximum Gasteiger partial charge on any atom is 0.241 e. The molecule has 2 aromatic rings. The third-order valence-corrected chi connectivity index (χ3v) is 6.90. The monoisotopic (exact) mass is 464 g/mol. The molecule has 0 aromatic heterocycles. The number of Topliss-reactive ketones (excluding diaryl/α,β-unsaturated/α-hetero) is 1. The molecule has 1 unspecified atom stereocenters. The second-order valence-corrected chi connectivity index (χ2v) is 10.0. The summed E-state index contributed by atoms with van der Waals surface area (Å²) in [5, 5.41) is 22.9. The number of carbonyl (C=O) groups is 2. The quantitative estimate of drug-likeness (QED) is 0.351. The van der Waals surface area contributed by atoms with Gasteiger partial charge in [-0.15, -0.1) is 0 Å². The van der Waals surface area contributed by atoms with Gasteiger partial charge in [0.2, 0.25) is 15.9 Å². The second kappa shape index (κ2) is 9.63. The largest absolute Gasteiger partial charge is 0.394 e. The van der Waals surface area contributed by atoms with Crippen LogP contribution in [0.5, 0.6) is 0 Å². The maximum atomic E-state index is 13.0. The lowest BCUT2D eigenvalue weighted by molar-refractivity contribution is -0.133. The van der Waals surface area contributed by atoms with Crippen molar-refractivity contribution in [1.82, 2.24) is 10.0 Å². The first-order valence-corrected chi connectivity index (χ1v) is 11.8. The number of rotatable bonds is 11. The van der Waals surface area contributed by atoms with Crippen LogP contribution >= 0.6 is 0 Å². The van der Waals surface area contributed by atoms with Gasteiger partial charge in [0.1, 0.15) is 6.04 Å². The first-order chi connectivity index (χ1) is 15.1. The van der Waals surface area contributed by atoms with Crippen LogP contribution in [0.15, 0.2) is 47.4 Å². The van der Waals surface area contributed by atoms with E-state index in [2.05, 4.69) is 10.0 Å². The van der Waals surface area contributed by atoms with E-state index in [9.17, 15) is 28.2 Å². The number of benzene rings is 2. The Morgan fingerprint density at radius 2 is 1.75 bits per heavy atom. The molecular weight excluding hydrogens is 436 g/mol. The van der Waals surface area contributed by atoms with Crippen LogP contribution in [-0.4, -0.2) is 67.8 Å². The second-order valence-electron chi connectivity index (χ2n) is 8.33. The summed E-state index contributed by atoms with van der Waals surface area (Å²) in [7, 11) is -4.16. The first-order valence-electron chi connectivity index (χ1n) is 10.3. The van der Waals surface area contributed by atoms with Gasteiger partial charge in [0.15, 0.2) is 11.4 Å². The Labute approximate surface area is 186 Å². The fourth-order valence-electron chi connectivity index (χ4n) is 3.55. The van der Waals surface area contributed by atoms with E-state index < -0.39 is 52.6 Å². The highest BCUT2D eigenvalue weighted by molar-refractivity contribution is 7.89. The lowest BCUT2D eigenvalue weighted by atomic mass is 9.92. The molecule has 1 aliphatic heterocycles. The number of nitrogens with one attached hydrogen (secondary N) is 2.